The molecule has 1 aromatic heterocycles. The average Bonchev–Trinajstić information content (AvgIpc) is 2.52. The van der Waals surface area contributed by atoms with E-state index in [-0.39, 0.29) is 0 Å². The summed E-state index contributed by atoms with van der Waals surface area (Å²) in [5, 5.41) is 10.7. The maximum atomic E-state index is 9.45. The van der Waals surface area contributed by atoms with E-state index in [0.717, 1.165) is 18.5 Å². The molecule has 15 heavy (non-hydrogen) atoms. The Bertz CT molecular complexity index is 474. The van der Waals surface area contributed by atoms with Gasteiger partial charge in [0, 0.05) is 24.2 Å². The second-order valence-corrected chi connectivity index (χ2v) is 3.85. The summed E-state index contributed by atoms with van der Waals surface area (Å²) in [6.45, 7) is 3.68. The van der Waals surface area contributed by atoms with Crippen molar-refractivity contribution in [1.29, 1.82) is 0 Å². The van der Waals surface area contributed by atoms with Crippen molar-refractivity contribution in [2.75, 3.05) is 6.54 Å². The Balaban J connectivity index is 2.49. The summed E-state index contributed by atoms with van der Waals surface area (Å²) in [7, 11) is 0. The number of rotatable bonds is 3. The van der Waals surface area contributed by atoms with Crippen molar-refractivity contribution < 1.29 is 5.11 Å². The molecule has 0 fully saturated rings. The molecule has 80 valence electrons. The molecular weight excluding hydrogens is 188 g/mol. The van der Waals surface area contributed by atoms with Gasteiger partial charge in [0.1, 0.15) is 5.75 Å². The third kappa shape index (κ3) is 1.83. The third-order valence-electron chi connectivity index (χ3n) is 2.67. The average molecular weight is 204 g/mol. The SMILES string of the molecule is Cc1cn(CCCN)c2cc(O)ccc12. The number of fused-ring (bicyclic) bond motifs is 1. The van der Waals surface area contributed by atoms with Crippen LogP contribution in [0.5, 0.6) is 5.75 Å². The van der Waals surface area contributed by atoms with Crippen LogP contribution in [0.1, 0.15) is 12.0 Å². The van der Waals surface area contributed by atoms with Gasteiger partial charge >= 0.3 is 0 Å². The smallest absolute Gasteiger partial charge is 0.117 e. The van der Waals surface area contributed by atoms with Crippen molar-refractivity contribution in [3.05, 3.63) is 30.0 Å². The molecule has 0 saturated carbocycles. The van der Waals surface area contributed by atoms with Crippen molar-refractivity contribution in [3.63, 3.8) is 0 Å². The van der Waals surface area contributed by atoms with Crippen LogP contribution < -0.4 is 5.73 Å². The summed E-state index contributed by atoms with van der Waals surface area (Å²) in [6, 6.07) is 5.49. The Hall–Kier alpha value is -1.48. The maximum absolute atomic E-state index is 9.45. The Kier molecular flexibility index (Phi) is 2.64. The number of phenols is 1. The van der Waals surface area contributed by atoms with Gasteiger partial charge in [0.2, 0.25) is 0 Å². The van der Waals surface area contributed by atoms with Crippen LogP contribution in [0.25, 0.3) is 10.9 Å². The molecular formula is C12H16N2O. The number of phenolic OH excluding ortho intramolecular Hbond substituents is 1. The van der Waals surface area contributed by atoms with Crippen molar-refractivity contribution in [2.24, 2.45) is 5.73 Å². The van der Waals surface area contributed by atoms with E-state index in [2.05, 4.69) is 17.7 Å². The molecule has 0 unspecified atom stereocenters. The lowest BCUT2D eigenvalue weighted by Crippen LogP contribution is -2.04. The predicted molar refractivity (Wildman–Crippen MR) is 62.0 cm³/mol. The van der Waals surface area contributed by atoms with Gasteiger partial charge in [0.15, 0.2) is 0 Å². The molecule has 2 aromatic rings. The summed E-state index contributed by atoms with van der Waals surface area (Å²) >= 11 is 0. The summed E-state index contributed by atoms with van der Waals surface area (Å²) in [5.41, 5.74) is 7.82. The van der Waals surface area contributed by atoms with E-state index < -0.39 is 0 Å². The van der Waals surface area contributed by atoms with Crippen LogP contribution in [0.4, 0.5) is 0 Å². The summed E-state index contributed by atoms with van der Waals surface area (Å²) in [4.78, 5) is 0. The summed E-state index contributed by atoms with van der Waals surface area (Å²) in [5.74, 6) is 0.314. The van der Waals surface area contributed by atoms with Crippen molar-refractivity contribution >= 4 is 10.9 Å². The van der Waals surface area contributed by atoms with Gasteiger partial charge < -0.3 is 15.4 Å². The number of benzene rings is 1. The maximum Gasteiger partial charge on any atom is 0.117 e. The monoisotopic (exact) mass is 204 g/mol. The molecule has 0 aliphatic carbocycles. The number of hydrogen-bond donors (Lipinski definition) is 2. The molecule has 1 aromatic carbocycles. The summed E-state index contributed by atoms with van der Waals surface area (Å²) in [6.07, 6.45) is 3.07. The highest BCUT2D eigenvalue weighted by Gasteiger charge is 2.05. The van der Waals surface area contributed by atoms with Crippen molar-refractivity contribution in [3.8, 4) is 5.75 Å². The first-order valence-electron chi connectivity index (χ1n) is 5.21. The second kappa shape index (κ2) is 3.95. The molecule has 3 heteroatoms. The van der Waals surface area contributed by atoms with E-state index in [1.807, 2.05) is 6.07 Å². The number of nitrogens with zero attached hydrogens (tertiary/aromatic N) is 1. The topological polar surface area (TPSA) is 51.2 Å². The van der Waals surface area contributed by atoms with Crippen molar-refractivity contribution in [1.82, 2.24) is 4.57 Å². The van der Waals surface area contributed by atoms with E-state index in [9.17, 15) is 5.11 Å². The quantitative estimate of drug-likeness (QED) is 0.803. The highest BCUT2D eigenvalue weighted by Crippen LogP contribution is 2.24. The van der Waals surface area contributed by atoms with E-state index in [1.165, 1.54) is 10.9 Å². The molecule has 0 radical (unpaired) electrons. The molecule has 3 N–H and O–H groups in total. The van der Waals surface area contributed by atoms with Gasteiger partial charge in [-0.2, -0.15) is 0 Å². The lowest BCUT2D eigenvalue weighted by Gasteiger charge is -2.03. The fraction of sp³-hybridized carbons (Fsp3) is 0.333. The van der Waals surface area contributed by atoms with Gasteiger partial charge in [-0.1, -0.05) is 0 Å². The zero-order valence-electron chi connectivity index (χ0n) is 8.90. The second-order valence-electron chi connectivity index (χ2n) is 3.85. The van der Waals surface area contributed by atoms with Crippen LogP contribution in [0.3, 0.4) is 0 Å². The molecule has 0 atom stereocenters. The van der Waals surface area contributed by atoms with Gasteiger partial charge in [-0.3, -0.25) is 0 Å². The van der Waals surface area contributed by atoms with Crippen LogP contribution in [0.2, 0.25) is 0 Å². The first-order valence-corrected chi connectivity index (χ1v) is 5.21. The van der Waals surface area contributed by atoms with Crippen LogP contribution in [0.15, 0.2) is 24.4 Å². The van der Waals surface area contributed by atoms with Crippen LogP contribution in [0, 0.1) is 6.92 Å². The number of aromatic nitrogens is 1. The zero-order valence-corrected chi connectivity index (χ0v) is 8.90. The number of aromatic hydroxyl groups is 1. The lowest BCUT2D eigenvalue weighted by molar-refractivity contribution is 0.475. The fourth-order valence-electron chi connectivity index (χ4n) is 1.91. The normalized spacial score (nSPS) is 11.1. The van der Waals surface area contributed by atoms with Crippen molar-refractivity contribution in [2.45, 2.75) is 19.9 Å². The zero-order chi connectivity index (χ0) is 10.8. The number of aryl methyl sites for hydroxylation is 2. The molecule has 0 saturated heterocycles. The first kappa shape index (κ1) is 10.1. The Labute approximate surface area is 89.1 Å². The largest absolute Gasteiger partial charge is 0.508 e. The van der Waals surface area contributed by atoms with Gasteiger partial charge in [0.05, 0.1) is 5.52 Å². The Morgan fingerprint density at radius 1 is 1.40 bits per heavy atom. The van der Waals surface area contributed by atoms with Crippen LogP contribution in [-0.2, 0) is 6.54 Å². The number of hydrogen-bond acceptors (Lipinski definition) is 2. The highest BCUT2D eigenvalue weighted by molar-refractivity contribution is 5.84. The van der Waals surface area contributed by atoms with Gasteiger partial charge in [-0.25, -0.2) is 0 Å². The van der Waals surface area contributed by atoms with E-state index in [4.69, 9.17) is 5.73 Å². The minimum absolute atomic E-state index is 0.314. The van der Waals surface area contributed by atoms with Crippen LogP contribution >= 0.6 is 0 Å². The highest BCUT2D eigenvalue weighted by atomic mass is 16.3. The fourth-order valence-corrected chi connectivity index (χ4v) is 1.91. The van der Waals surface area contributed by atoms with E-state index in [0.29, 0.717) is 12.3 Å². The van der Waals surface area contributed by atoms with Gasteiger partial charge in [-0.15, -0.1) is 0 Å². The molecule has 0 bridgehead atoms. The van der Waals surface area contributed by atoms with Gasteiger partial charge in [-0.05, 0) is 37.6 Å². The first-order chi connectivity index (χ1) is 7.22. The van der Waals surface area contributed by atoms with Gasteiger partial charge in [0.25, 0.3) is 0 Å². The van der Waals surface area contributed by atoms with E-state index >= 15 is 0 Å². The number of nitrogens with two attached hydrogens (primary N) is 1. The Morgan fingerprint density at radius 3 is 2.93 bits per heavy atom. The van der Waals surface area contributed by atoms with E-state index in [1.54, 1.807) is 12.1 Å². The predicted octanol–water partition coefficient (Wildman–Crippen LogP) is 2.00. The molecule has 3 nitrogen and oxygen atoms in total. The standard InChI is InChI=1S/C12H16N2O/c1-9-8-14(6-2-5-13)12-7-10(15)3-4-11(9)12/h3-4,7-8,15H,2,5-6,13H2,1H3. The van der Waals surface area contributed by atoms with Crippen LogP contribution in [-0.4, -0.2) is 16.2 Å². The third-order valence-corrected chi connectivity index (χ3v) is 2.67. The minimum Gasteiger partial charge on any atom is -0.508 e. The molecule has 0 aliphatic heterocycles. The lowest BCUT2D eigenvalue weighted by atomic mass is 10.2. The molecule has 2 rings (SSSR count). The molecule has 0 spiro atoms. The summed E-state index contributed by atoms with van der Waals surface area (Å²) < 4.78 is 2.15. The minimum atomic E-state index is 0.314. The molecule has 1 heterocycles. The molecule has 0 amide bonds. The Morgan fingerprint density at radius 2 is 2.20 bits per heavy atom. The molecule has 0 aliphatic rings.